The molecule has 13 heavy (non-hydrogen) atoms. The quantitative estimate of drug-likeness (QED) is 0.749. The first-order chi connectivity index (χ1) is 6.27. The van der Waals surface area contributed by atoms with Gasteiger partial charge >= 0.3 is 0 Å². The van der Waals surface area contributed by atoms with Gasteiger partial charge in [0.15, 0.2) is 0 Å². The molecule has 0 fully saturated rings. The van der Waals surface area contributed by atoms with Gasteiger partial charge in [0.05, 0.1) is 16.8 Å². The SMILES string of the molecule is C=CC(NCC)c1ccc(Cl)cn1. The molecule has 1 aromatic rings. The van der Waals surface area contributed by atoms with Gasteiger partial charge < -0.3 is 5.32 Å². The lowest BCUT2D eigenvalue weighted by molar-refractivity contribution is 0.633. The molecule has 1 rings (SSSR count). The van der Waals surface area contributed by atoms with Crippen LogP contribution in [0.1, 0.15) is 18.7 Å². The third-order valence-corrected chi connectivity index (χ3v) is 1.95. The summed E-state index contributed by atoms with van der Waals surface area (Å²) in [6.07, 6.45) is 3.48. The Hall–Kier alpha value is -0.860. The van der Waals surface area contributed by atoms with Crippen molar-refractivity contribution in [2.75, 3.05) is 6.54 Å². The van der Waals surface area contributed by atoms with Crippen LogP contribution >= 0.6 is 11.6 Å². The lowest BCUT2D eigenvalue weighted by Crippen LogP contribution is -2.19. The minimum Gasteiger partial charge on any atom is -0.306 e. The highest BCUT2D eigenvalue weighted by Crippen LogP contribution is 2.13. The number of likely N-dealkylation sites (N-methyl/N-ethyl adjacent to an activating group) is 1. The molecular weight excluding hydrogens is 184 g/mol. The zero-order valence-corrected chi connectivity index (χ0v) is 8.38. The van der Waals surface area contributed by atoms with Crippen molar-refractivity contribution in [1.82, 2.24) is 10.3 Å². The van der Waals surface area contributed by atoms with E-state index in [1.165, 1.54) is 0 Å². The van der Waals surface area contributed by atoms with Crippen molar-refractivity contribution < 1.29 is 0 Å². The number of rotatable bonds is 4. The summed E-state index contributed by atoms with van der Waals surface area (Å²) in [5.41, 5.74) is 0.946. The Kier molecular flexibility index (Phi) is 3.93. The van der Waals surface area contributed by atoms with E-state index in [-0.39, 0.29) is 6.04 Å². The number of halogens is 1. The first-order valence-electron chi connectivity index (χ1n) is 4.25. The van der Waals surface area contributed by atoms with E-state index in [4.69, 9.17) is 11.6 Å². The minimum absolute atomic E-state index is 0.113. The second-order valence-electron chi connectivity index (χ2n) is 2.67. The summed E-state index contributed by atoms with van der Waals surface area (Å²) in [6, 6.07) is 3.84. The van der Waals surface area contributed by atoms with E-state index in [1.54, 1.807) is 6.20 Å². The van der Waals surface area contributed by atoms with Gasteiger partial charge in [0.2, 0.25) is 0 Å². The molecule has 1 atom stereocenters. The van der Waals surface area contributed by atoms with Crippen molar-refractivity contribution in [2.24, 2.45) is 0 Å². The number of nitrogens with zero attached hydrogens (tertiary/aromatic N) is 1. The van der Waals surface area contributed by atoms with E-state index in [0.29, 0.717) is 5.02 Å². The fourth-order valence-corrected chi connectivity index (χ4v) is 1.21. The Morgan fingerprint density at radius 2 is 2.46 bits per heavy atom. The van der Waals surface area contributed by atoms with Crippen molar-refractivity contribution in [2.45, 2.75) is 13.0 Å². The van der Waals surface area contributed by atoms with Crippen molar-refractivity contribution in [3.63, 3.8) is 0 Å². The van der Waals surface area contributed by atoms with Crippen LogP contribution in [0, 0.1) is 0 Å². The molecule has 1 unspecified atom stereocenters. The zero-order valence-electron chi connectivity index (χ0n) is 7.63. The molecular formula is C10H13ClN2. The fourth-order valence-electron chi connectivity index (χ4n) is 1.10. The van der Waals surface area contributed by atoms with Crippen LogP contribution in [-0.4, -0.2) is 11.5 Å². The average molecular weight is 197 g/mol. The molecule has 70 valence electrons. The smallest absolute Gasteiger partial charge is 0.0678 e. The number of hydrogen-bond donors (Lipinski definition) is 1. The summed E-state index contributed by atoms with van der Waals surface area (Å²) >= 11 is 5.73. The molecule has 3 heteroatoms. The first-order valence-corrected chi connectivity index (χ1v) is 4.63. The molecule has 0 aliphatic carbocycles. The standard InChI is InChI=1S/C10H13ClN2/c1-3-9(12-4-2)10-6-5-8(11)7-13-10/h3,5-7,9,12H,1,4H2,2H3. The maximum atomic E-state index is 5.73. The zero-order chi connectivity index (χ0) is 9.68. The number of nitrogens with one attached hydrogen (secondary N) is 1. The molecule has 2 nitrogen and oxygen atoms in total. The normalized spacial score (nSPS) is 12.5. The van der Waals surface area contributed by atoms with E-state index >= 15 is 0 Å². The summed E-state index contributed by atoms with van der Waals surface area (Å²) < 4.78 is 0. The van der Waals surface area contributed by atoms with Crippen LogP contribution in [0.25, 0.3) is 0 Å². The van der Waals surface area contributed by atoms with Gasteiger partial charge in [0, 0.05) is 6.20 Å². The van der Waals surface area contributed by atoms with Crippen molar-refractivity contribution >= 4 is 11.6 Å². The van der Waals surface area contributed by atoms with Gasteiger partial charge in [-0.05, 0) is 18.7 Å². The Labute approximate surface area is 83.6 Å². The molecule has 0 amide bonds. The predicted molar refractivity (Wildman–Crippen MR) is 55.9 cm³/mol. The van der Waals surface area contributed by atoms with Gasteiger partial charge in [-0.2, -0.15) is 0 Å². The fraction of sp³-hybridized carbons (Fsp3) is 0.300. The Bertz CT molecular complexity index is 269. The van der Waals surface area contributed by atoms with E-state index in [2.05, 4.69) is 16.9 Å². The number of hydrogen-bond acceptors (Lipinski definition) is 2. The van der Waals surface area contributed by atoms with Gasteiger partial charge in [-0.3, -0.25) is 4.98 Å². The van der Waals surface area contributed by atoms with Crippen LogP contribution in [-0.2, 0) is 0 Å². The van der Waals surface area contributed by atoms with Gasteiger partial charge in [0.25, 0.3) is 0 Å². The average Bonchev–Trinajstić information content (AvgIpc) is 2.16. The number of aromatic nitrogens is 1. The molecule has 0 spiro atoms. The van der Waals surface area contributed by atoms with Gasteiger partial charge in [-0.15, -0.1) is 6.58 Å². The molecule has 1 heterocycles. The summed E-state index contributed by atoms with van der Waals surface area (Å²) in [5.74, 6) is 0. The Morgan fingerprint density at radius 3 is 2.92 bits per heavy atom. The van der Waals surface area contributed by atoms with E-state index in [1.807, 2.05) is 25.1 Å². The highest BCUT2D eigenvalue weighted by Gasteiger charge is 2.05. The van der Waals surface area contributed by atoms with Crippen LogP contribution in [0.15, 0.2) is 31.0 Å². The number of pyridine rings is 1. The molecule has 0 aliphatic heterocycles. The monoisotopic (exact) mass is 196 g/mol. The molecule has 0 aliphatic rings. The van der Waals surface area contributed by atoms with Crippen LogP contribution in [0.5, 0.6) is 0 Å². The maximum Gasteiger partial charge on any atom is 0.0678 e. The predicted octanol–water partition coefficient (Wildman–Crippen LogP) is 2.57. The lowest BCUT2D eigenvalue weighted by Gasteiger charge is -2.11. The largest absolute Gasteiger partial charge is 0.306 e. The second kappa shape index (κ2) is 5.00. The second-order valence-corrected chi connectivity index (χ2v) is 3.11. The van der Waals surface area contributed by atoms with Crippen LogP contribution in [0.2, 0.25) is 5.02 Å². The molecule has 1 N–H and O–H groups in total. The Balaban J connectivity index is 2.79. The van der Waals surface area contributed by atoms with Crippen molar-refractivity contribution in [1.29, 1.82) is 0 Å². The van der Waals surface area contributed by atoms with E-state index in [0.717, 1.165) is 12.2 Å². The molecule has 0 saturated heterocycles. The first kappa shape index (κ1) is 10.2. The summed E-state index contributed by atoms with van der Waals surface area (Å²) in [5, 5.41) is 3.90. The highest BCUT2D eigenvalue weighted by molar-refractivity contribution is 6.30. The van der Waals surface area contributed by atoms with Crippen molar-refractivity contribution in [3.8, 4) is 0 Å². The molecule has 0 saturated carbocycles. The summed E-state index contributed by atoms with van der Waals surface area (Å²) in [4.78, 5) is 4.20. The van der Waals surface area contributed by atoms with Crippen LogP contribution in [0.3, 0.4) is 0 Å². The van der Waals surface area contributed by atoms with Gasteiger partial charge in [-0.1, -0.05) is 24.6 Å². The van der Waals surface area contributed by atoms with E-state index in [9.17, 15) is 0 Å². The van der Waals surface area contributed by atoms with Crippen LogP contribution < -0.4 is 5.32 Å². The maximum absolute atomic E-state index is 5.73. The highest BCUT2D eigenvalue weighted by atomic mass is 35.5. The molecule has 0 radical (unpaired) electrons. The van der Waals surface area contributed by atoms with Gasteiger partial charge in [0.1, 0.15) is 0 Å². The topological polar surface area (TPSA) is 24.9 Å². The third kappa shape index (κ3) is 2.83. The third-order valence-electron chi connectivity index (χ3n) is 1.73. The molecule has 0 bridgehead atoms. The Morgan fingerprint density at radius 1 is 1.69 bits per heavy atom. The van der Waals surface area contributed by atoms with Crippen molar-refractivity contribution in [3.05, 3.63) is 41.7 Å². The minimum atomic E-state index is 0.113. The van der Waals surface area contributed by atoms with E-state index < -0.39 is 0 Å². The molecule has 1 aromatic heterocycles. The van der Waals surface area contributed by atoms with Crippen LogP contribution in [0.4, 0.5) is 0 Å². The molecule has 0 aromatic carbocycles. The summed E-state index contributed by atoms with van der Waals surface area (Å²) in [6.45, 7) is 6.68. The summed E-state index contributed by atoms with van der Waals surface area (Å²) in [7, 11) is 0. The lowest BCUT2D eigenvalue weighted by atomic mass is 10.2. The van der Waals surface area contributed by atoms with Gasteiger partial charge in [-0.25, -0.2) is 0 Å².